The Bertz CT molecular complexity index is 567. The van der Waals surface area contributed by atoms with Crippen molar-refractivity contribution in [2.45, 2.75) is 44.8 Å². The van der Waals surface area contributed by atoms with Crippen molar-refractivity contribution in [3.63, 3.8) is 0 Å². The summed E-state index contributed by atoms with van der Waals surface area (Å²) < 4.78 is 14.8. The molecule has 0 saturated carbocycles. The first-order valence-electron chi connectivity index (χ1n) is 7.89. The van der Waals surface area contributed by atoms with Crippen molar-refractivity contribution >= 4 is 21.8 Å². The van der Waals surface area contributed by atoms with E-state index < -0.39 is 0 Å². The van der Waals surface area contributed by atoms with Crippen LogP contribution in [-0.2, 0) is 11.3 Å². The fourth-order valence-electron chi connectivity index (χ4n) is 2.80. The molecule has 1 aromatic carbocycles. The van der Waals surface area contributed by atoms with Gasteiger partial charge in [-0.25, -0.2) is 9.82 Å². The minimum Gasteiger partial charge on any atom is -0.333 e. The van der Waals surface area contributed by atoms with Gasteiger partial charge in [-0.1, -0.05) is 35.4 Å². The largest absolute Gasteiger partial charge is 0.333 e. The first-order chi connectivity index (χ1) is 11.0. The molecule has 4 nitrogen and oxygen atoms in total. The van der Waals surface area contributed by atoms with E-state index in [0.29, 0.717) is 18.2 Å². The van der Waals surface area contributed by atoms with Crippen molar-refractivity contribution in [3.8, 4) is 0 Å². The van der Waals surface area contributed by atoms with Gasteiger partial charge in [0.05, 0.1) is 0 Å². The van der Waals surface area contributed by atoms with Crippen LogP contribution in [0.25, 0.3) is 0 Å². The van der Waals surface area contributed by atoms with E-state index in [1.54, 1.807) is 23.1 Å². The SMILES string of the molecule is C=CCN(Cc1cc(Br)ccc1F)C(=O)C1CC(CCC)NN1. The predicted octanol–water partition coefficient (Wildman–Crippen LogP) is 3.14. The summed E-state index contributed by atoms with van der Waals surface area (Å²) in [6.07, 6.45) is 4.51. The number of nitrogens with one attached hydrogen (secondary N) is 2. The molecular formula is C17H23BrFN3O. The molecule has 0 aromatic heterocycles. The Hall–Kier alpha value is -1.24. The second-order valence-corrected chi connectivity index (χ2v) is 6.72. The van der Waals surface area contributed by atoms with Crippen molar-refractivity contribution < 1.29 is 9.18 Å². The highest BCUT2D eigenvalue weighted by Gasteiger charge is 2.31. The van der Waals surface area contributed by atoms with Gasteiger partial charge in [0.15, 0.2) is 0 Å². The van der Waals surface area contributed by atoms with Gasteiger partial charge in [-0.3, -0.25) is 10.2 Å². The second-order valence-electron chi connectivity index (χ2n) is 5.81. The Kier molecular flexibility index (Phi) is 6.74. The minimum atomic E-state index is -0.309. The molecule has 1 aliphatic rings. The average molecular weight is 384 g/mol. The third kappa shape index (κ3) is 4.86. The van der Waals surface area contributed by atoms with E-state index in [1.807, 2.05) is 0 Å². The van der Waals surface area contributed by atoms with Crippen molar-refractivity contribution in [2.24, 2.45) is 0 Å². The molecule has 0 spiro atoms. The lowest BCUT2D eigenvalue weighted by atomic mass is 10.0. The number of hydrogen-bond acceptors (Lipinski definition) is 3. The van der Waals surface area contributed by atoms with Crippen LogP contribution in [0.4, 0.5) is 4.39 Å². The van der Waals surface area contributed by atoms with Crippen LogP contribution in [0.1, 0.15) is 31.7 Å². The van der Waals surface area contributed by atoms with Gasteiger partial charge in [-0.2, -0.15) is 0 Å². The van der Waals surface area contributed by atoms with Crippen molar-refractivity contribution in [1.29, 1.82) is 0 Å². The van der Waals surface area contributed by atoms with Crippen LogP contribution in [0.15, 0.2) is 35.3 Å². The molecule has 1 heterocycles. The molecule has 1 aromatic rings. The molecule has 2 atom stereocenters. The van der Waals surface area contributed by atoms with Gasteiger partial charge in [-0.05, 0) is 31.0 Å². The van der Waals surface area contributed by atoms with Gasteiger partial charge in [0, 0.05) is 29.2 Å². The zero-order valence-electron chi connectivity index (χ0n) is 13.3. The molecular weight excluding hydrogens is 361 g/mol. The maximum atomic E-state index is 14.0. The number of nitrogens with zero attached hydrogens (tertiary/aromatic N) is 1. The van der Waals surface area contributed by atoms with E-state index in [0.717, 1.165) is 23.7 Å². The molecule has 0 bridgehead atoms. The van der Waals surface area contributed by atoms with E-state index in [1.165, 1.54) is 6.07 Å². The van der Waals surface area contributed by atoms with Gasteiger partial charge >= 0.3 is 0 Å². The van der Waals surface area contributed by atoms with Crippen LogP contribution in [0.3, 0.4) is 0 Å². The molecule has 1 aliphatic heterocycles. The van der Waals surface area contributed by atoms with Crippen molar-refractivity contribution in [2.75, 3.05) is 6.54 Å². The summed E-state index contributed by atoms with van der Waals surface area (Å²) in [7, 11) is 0. The third-order valence-corrected chi connectivity index (χ3v) is 4.44. The molecule has 6 heteroatoms. The fourth-order valence-corrected chi connectivity index (χ4v) is 3.21. The zero-order chi connectivity index (χ0) is 16.8. The number of benzene rings is 1. The molecule has 0 aliphatic carbocycles. The molecule has 2 unspecified atom stereocenters. The van der Waals surface area contributed by atoms with Crippen molar-refractivity contribution in [3.05, 3.63) is 46.7 Å². The number of carbonyl (C=O) groups is 1. The summed E-state index contributed by atoms with van der Waals surface area (Å²) in [5, 5.41) is 0. The maximum Gasteiger partial charge on any atom is 0.241 e. The van der Waals surface area contributed by atoms with Crippen LogP contribution >= 0.6 is 15.9 Å². The van der Waals surface area contributed by atoms with Crippen LogP contribution in [0.5, 0.6) is 0 Å². The summed E-state index contributed by atoms with van der Waals surface area (Å²) in [5.74, 6) is -0.341. The number of hydrogen-bond donors (Lipinski definition) is 2. The Morgan fingerprint density at radius 2 is 2.30 bits per heavy atom. The molecule has 126 valence electrons. The zero-order valence-corrected chi connectivity index (χ0v) is 14.9. The topological polar surface area (TPSA) is 44.4 Å². The smallest absolute Gasteiger partial charge is 0.241 e. The Morgan fingerprint density at radius 3 is 3.00 bits per heavy atom. The first-order valence-corrected chi connectivity index (χ1v) is 8.69. The monoisotopic (exact) mass is 383 g/mol. The third-order valence-electron chi connectivity index (χ3n) is 3.95. The van der Waals surface area contributed by atoms with E-state index in [-0.39, 0.29) is 24.3 Å². The fraction of sp³-hybridized carbons (Fsp3) is 0.471. The minimum absolute atomic E-state index is 0.0321. The first kappa shape index (κ1) is 18.1. The molecule has 0 radical (unpaired) electrons. The molecule has 1 saturated heterocycles. The summed E-state index contributed by atoms with van der Waals surface area (Å²) in [6.45, 7) is 6.44. The van der Waals surface area contributed by atoms with Gasteiger partial charge in [-0.15, -0.1) is 6.58 Å². The Morgan fingerprint density at radius 1 is 1.52 bits per heavy atom. The van der Waals surface area contributed by atoms with Crippen LogP contribution in [0, 0.1) is 5.82 Å². The standard InChI is InChI=1S/C17H23BrFN3O/c1-3-5-14-10-16(21-20-14)17(23)22(8-4-2)11-12-9-13(18)6-7-15(12)19/h4,6-7,9,14,16,20-21H,2-3,5,8,10-11H2,1H3. The van der Waals surface area contributed by atoms with Crippen LogP contribution in [-0.4, -0.2) is 29.4 Å². The van der Waals surface area contributed by atoms with Crippen LogP contribution in [0.2, 0.25) is 0 Å². The summed E-state index contributed by atoms with van der Waals surface area (Å²) in [4.78, 5) is 14.4. The number of hydrazine groups is 1. The second kappa shape index (κ2) is 8.57. The van der Waals surface area contributed by atoms with Gasteiger partial charge in [0.1, 0.15) is 11.9 Å². The lowest BCUT2D eigenvalue weighted by molar-refractivity contribution is -0.133. The van der Waals surface area contributed by atoms with Gasteiger partial charge < -0.3 is 4.90 Å². The lowest BCUT2D eigenvalue weighted by Crippen LogP contribution is -2.45. The number of amides is 1. The average Bonchev–Trinajstić information content (AvgIpc) is 2.98. The number of carbonyl (C=O) groups excluding carboxylic acids is 1. The Labute approximate surface area is 145 Å². The van der Waals surface area contributed by atoms with E-state index >= 15 is 0 Å². The predicted molar refractivity (Wildman–Crippen MR) is 93.1 cm³/mol. The lowest BCUT2D eigenvalue weighted by Gasteiger charge is -2.24. The summed E-state index contributed by atoms with van der Waals surface area (Å²) in [5.41, 5.74) is 6.72. The molecule has 2 rings (SSSR count). The van der Waals surface area contributed by atoms with Gasteiger partial charge in [0.25, 0.3) is 0 Å². The Balaban J connectivity index is 2.07. The van der Waals surface area contributed by atoms with E-state index in [2.05, 4.69) is 40.3 Å². The molecule has 1 amide bonds. The van der Waals surface area contributed by atoms with E-state index in [4.69, 9.17) is 0 Å². The number of halogens is 2. The maximum absolute atomic E-state index is 14.0. The van der Waals surface area contributed by atoms with Crippen LogP contribution < -0.4 is 10.9 Å². The summed E-state index contributed by atoms with van der Waals surface area (Å²) in [6, 6.07) is 4.79. The normalized spacial score (nSPS) is 20.5. The number of rotatable bonds is 7. The van der Waals surface area contributed by atoms with E-state index in [9.17, 15) is 9.18 Å². The van der Waals surface area contributed by atoms with Gasteiger partial charge in [0.2, 0.25) is 5.91 Å². The quantitative estimate of drug-likeness (QED) is 0.710. The highest BCUT2D eigenvalue weighted by atomic mass is 79.9. The molecule has 2 N–H and O–H groups in total. The molecule has 23 heavy (non-hydrogen) atoms. The molecule has 1 fully saturated rings. The highest BCUT2D eigenvalue weighted by molar-refractivity contribution is 9.10. The summed E-state index contributed by atoms with van der Waals surface area (Å²) >= 11 is 3.34. The highest BCUT2D eigenvalue weighted by Crippen LogP contribution is 2.19. The van der Waals surface area contributed by atoms with Crippen molar-refractivity contribution in [1.82, 2.24) is 15.8 Å².